The van der Waals surface area contributed by atoms with Gasteiger partial charge in [-0.15, -0.1) is 0 Å². The summed E-state index contributed by atoms with van der Waals surface area (Å²) in [6.07, 6.45) is 1.28. The van der Waals surface area contributed by atoms with Crippen molar-refractivity contribution >= 4 is 21.4 Å². The SMILES string of the molecule is CC(N)CCS(=O)(=O)C1CCc2ccccc2NC1=O. The number of sulfone groups is 1. The highest BCUT2D eigenvalue weighted by Crippen LogP contribution is 2.24. The van der Waals surface area contributed by atoms with Crippen molar-refractivity contribution in [3.8, 4) is 0 Å². The summed E-state index contributed by atoms with van der Waals surface area (Å²) in [5, 5.41) is 1.74. The van der Waals surface area contributed by atoms with E-state index in [1.54, 1.807) is 13.0 Å². The zero-order valence-corrected chi connectivity index (χ0v) is 12.3. The first-order valence-corrected chi connectivity index (χ1v) is 8.47. The Kier molecular flexibility index (Phi) is 4.45. The van der Waals surface area contributed by atoms with Crippen molar-refractivity contribution in [2.75, 3.05) is 11.1 Å². The summed E-state index contributed by atoms with van der Waals surface area (Å²) in [6, 6.07) is 7.23. The number of nitrogens with one attached hydrogen (secondary N) is 1. The molecule has 3 N–H and O–H groups in total. The van der Waals surface area contributed by atoms with E-state index >= 15 is 0 Å². The number of amides is 1. The summed E-state index contributed by atoms with van der Waals surface area (Å²) in [7, 11) is -3.46. The molecule has 0 spiro atoms. The fourth-order valence-corrected chi connectivity index (χ4v) is 4.17. The molecular formula is C14H20N2O3S. The van der Waals surface area contributed by atoms with Crippen LogP contribution in [0.5, 0.6) is 0 Å². The van der Waals surface area contributed by atoms with Crippen molar-refractivity contribution in [1.82, 2.24) is 0 Å². The van der Waals surface area contributed by atoms with E-state index in [0.717, 1.165) is 5.56 Å². The fourth-order valence-electron chi connectivity index (χ4n) is 2.33. The number of aryl methyl sites for hydroxylation is 1. The molecule has 0 bridgehead atoms. The van der Waals surface area contributed by atoms with Crippen LogP contribution >= 0.6 is 0 Å². The lowest BCUT2D eigenvalue weighted by Gasteiger charge is -2.15. The van der Waals surface area contributed by atoms with Crippen molar-refractivity contribution in [2.45, 2.75) is 37.5 Å². The van der Waals surface area contributed by atoms with Gasteiger partial charge >= 0.3 is 0 Å². The van der Waals surface area contributed by atoms with Crippen LogP contribution in [0.2, 0.25) is 0 Å². The Morgan fingerprint density at radius 3 is 2.80 bits per heavy atom. The standard InChI is InChI=1S/C14H20N2O3S/c1-10(15)8-9-20(18,19)13-7-6-11-4-2-3-5-12(11)16-14(13)17/h2-5,10,13H,6-9,15H2,1H3,(H,16,17). The molecule has 0 aliphatic carbocycles. The van der Waals surface area contributed by atoms with Crippen LogP contribution in [0.25, 0.3) is 0 Å². The Hall–Kier alpha value is -1.40. The summed E-state index contributed by atoms with van der Waals surface area (Å²) >= 11 is 0. The lowest BCUT2D eigenvalue weighted by Crippen LogP contribution is -2.36. The van der Waals surface area contributed by atoms with Crippen molar-refractivity contribution < 1.29 is 13.2 Å². The van der Waals surface area contributed by atoms with Crippen LogP contribution in [-0.2, 0) is 21.1 Å². The molecule has 110 valence electrons. The van der Waals surface area contributed by atoms with E-state index in [2.05, 4.69) is 5.32 Å². The van der Waals surface area contributed by atoms with E-state index < -0.39 is 21.0 Å². The van der Waals surface area contributed by atoms with Gasteiger partial charge < -0.3 is 11.1 Å². The van der Waals surface area contributed by atoms with E-state index in [1.807, 2.05) is 18.2 Å². The highest BCUT2D eigenvalue weighted by molar-refractivity contribution is 7.92. The molecule has 0 saturated heterocycles. The van der Waals surface area contributed by atoms with Gasteiger partial charge in [-0.2, -0.15) is 0 Å². The van der Waals surface area contributed by atoms with Crippen LogP contribution in [0.4, 0.5) is 5.69 Å². The van der Waals surface area contributed by atoms with Crippen LogP contribution < -0.4 is 11.1 Å². The van der Waals surface area contributed by atoms with Gasteiger partial charge in [0.1, 0.15) is 5.25 Å². The number of anilines is 1. The average molecular weight is 296 g/mol. The molecule has 1 aromatic rings. The van der Waals surface area contributed by atoms with Gasteiger partial charge in [0.15, 0.2) is 9.84 Å². The minimum absolute atomic E-state index is 0.0426. The summed E-state index contributed by atoms with van der Waals surface area (Å²) < 4.78 is 24.6. The third-order valence-electron chi connectivity index (χ3n) is 3.53. The lowest BCUT2D eigenvalue weighted by atomic mass is 10.1. The Labute approximate surface area is 119 Å². The molecule has 0 saturated carbocycles. The van der Waals surface area contributed by atoms with Crippen LogP contribution in [0.15, 0.2) is 24.3 Å². The van der Waals surface area contributed by atoms with Gasteiger partial charge in [0.05, 0.1) is 5.75 Å². The Balaban J connectivity index is 2.17. The van der Waals surface area contributed by atoms with Crippen molar-refractivity contribution in [3.63, 3.8) is 0 Å². The van der Waals surface area contributed by atoms with E-state index in [0.29, 0.717) is 24.9 Å². The molecule has 2 unspecified atom stereocenters. The minimum atomic E-state index is -3.46. The van der Waals surface area contributed by atoms with Crippen molar-refractivity contribution in [3.05, 3.63) is 29.8 Å². The molecular weight excluding hydrogens is 276 g/mol. The maximum atomic E-state index is 12.3. The van der Waals surface area contributed by atoms with Gasteiger partial charge in [0.25, 0.3) is 0 Å². The molecule has 6 heteroatoms. The molecule has 0 aromatic heterocycles. The number of para-hydroxylation sites is 1. The third-order valence-corrected chi connectivity index (χ3v) is 5.66. The summed E-state index contributed by atoms with van der Waals surface area (Å²) in [5.41, 5.74) is 7.29. The second kappa shape index (κ2) is 5.93. The molecule has 0 radical (unpaired) electrons. The molecule has 2 atom stereocenters. The largest absolute Gasteiger partial charge is 0.328 e. The van der Waals surface area contributed by atoms with Crippen LogP contribution in [0, 0.1) is 0 Å². The number of hydrogen-bond donors (Lipinski definition) is 2. The van der Waals surface area contributed by atoms with E-state index in [1.165, 1.54) is 0 Å². The average Bonchev–Trinajstić information content (AvgIpc) is 2.55. The number of rotatable bonds is 4. The zero-order chi connectivity index (χ0) is 14.8. The van der Waals surface area contributed by atoms with Crippen LogP contribution in [-0.4, -0.2) is 31.4 Å². The number of fused-ring (bicyclic) bond motifs is 1. The molecule has 2 rings (SSSR count). The van der Waals surface area contributed by atoms with Crippen molar-refractivity contribution in [2.24, 2.45) is 5.73 Å². The van der Waals surface area contributed by atoms with Gasteiger partial charge in [-0.3, -0.25) is 4.79 Å². The fraction of sp³-hybridized carbons (Fsp3) is 0.500. The predicted octanol–water partition coefficient (Wildman–Crippen LogP) is 1.09. The second-order valence-corrected chi connectivity index (χ2v) is 7.61. The molecule has 1 aliphatic rings. The first-order valence-electron chi connectivity index (χ1n) is 6.76. The van der Waals surface area contributed by atoms with Crippen molar-refractivity contribution in [1.29, 1.82) is 0 Å². The Morgan fingerprint density at radius 2 is 2.10 bits per heavy atom. The van der Waals surface area contributed by atoms with E-state index in [9.17, 15) is 13.2 Å². The zero-order valence-electron chi connectivity index (χ0n) is 11.5. The second-order valence-electron chi connectivity index (χ2n) is 5.31. The smallest absolute Gasteiger partial charge is 0.242 e. The maximum absolute atomic E-state index is 12.3. The van der Waals surface area contributed by atoms with Gasteiger partial charge in [-0.25, -0.2) is 8.42 Å². The van der Waals surface area contributed by atoms with Gasteiger partial charge in [0.2, 0.25) is 5.91 Å². The highest BCUT2D eigenvalue weighted by Gasteiger charge is 2.34. The number of nitrogens with two attached hydrogens (primary N) is 1. The molecule has 5 nitrogen and oxygen atoms in total. The lowest BCUT2D eigenvalue weighted by molar-refractivity contribution is -0.115. The predicted molar refractivity (Wildman–Crippen MR) is 79.2 cm³/mol. The summed E-state index contributed by atoms with van der Waals surface area (Å²) in [5.74, 6) is -0.473. The molecule has 0 fully saturated rings. The number of carbonyl (C=O) groups excluding carboxylic acids is 1. The first-order chi connectivity index (χ1) is 9.40. The maximum Gasteiger partial charge on any atom is 0.242 e. The molecule has 1 aliphatic heterocycles. The van der Waals surface area contributed by atoms with Gasteiger partial charge in [-0.05, 0) is 37.8 Å². The Bertz CT molecular complexity index is 596. The normalized spacial score (nSPS) is 20.7. The molecule has 1 heterocycles. The van der Waals surface area contributed by atoms with E-state index in [-0.39, 0.29) is 11.8 Å². The number of carbonyl (C=O) groups is 1. The quantitative estimate of drug-likeness (QED) is 0.870. The first kappa shape index (κ1) is 15.0. The number of benzene rings is 1. The minimum Gasteiger partial charge on any atom is -0.328 e. The van der Waals surface area contributed by atoms with Crippen LogP contribution in [0.1, 0.15) is 25.3 Å². The monoisotopic (exact) mass is 296 g/mol. The highest BCUT2D eigenvalue weighted by atomic mass is 32.2. The number of hydrogen-bond acceptors (Lipinski definition) is 4. The molecule has 1 aromatic carbocycles. The van der Waals surface area contributed by atoms with Gasteiger partial charge in [0, 0.05) is 11.7 Å². The topological polar surface area (TPSA) is 89.3 Å². The molecule has 20 heavy (non-hydrogen) atoms. The summed E-state index contributed by atoms with van der Waals surface area (Å²) in [4.78, 5) is 12.1. The third kappa shape index (κ3) is 3.37. The van der Waals surface area contributed by atoms with Crippen LogP contribution in [0.3, 0.4) is 0 Å². The summed E-state index contributed by atoms with van der Waals surface area (Å²) in [6.45, 7) is 1.76. The Morgan fingerprint density at radius 1 is 1.40 bits per heavy atom. The molecule has 1 amide bonds. The van der Waals surface area contributed by atoms with E-state index in [4.69, 9.17) is 5.73 Å². The van der Waals surface area contributed by atoms with Gasteiger partial charge in [-0.1, -0.05) is 18.2 Å².